The van der Waals surface area contributed by atoms with Crippen LogP contribution in [0, 0.1) is 0 Å². The van der Waals surface area contributed by atoms with Crippen molar-refractivity contribution in [2.45, 2.75) is 13.0 Å². The smallest absolute Gasteiger partial charge is 0.260 e. The molecule has 104 valence electrons. The fourth-order valence-corrected chi connectivity index (χ4v) is 3.19. The molecule has 0 fully saturated rings. The van der Waals surface area contributed by atoms with Gasteiger partial charge in [-0.05, 0) is 35.6 Å². The third kappa shape index (κ3) is 2.63. The largest absolute Gasteiger partial charge is 0.482 e. The molecule has 1 amide bonds. The normalized spacial score (nSPS) is 13.9. The first-order valence-corrected chi connectivity index (χ1v) is 7.42. The SMILES string of the molecule is Nc1ccccc1OCC(=O)N1CCc2sccc2C1. The summed E-state index contributed by atoms with van der Waals surface area (Å²) in [5.74, 6) is 0.569. The van der Waals surface area contributed by atoms with Gasteiger partial charge in [-0.1, -0.05) is 12.1 Å². The number of ether oxygens (including phenoxy) is 1. The monoisotopic (exact) mass is 288 g/mol. The summed E-state index contributed by atoms with van der Waals surface area (Å²) >= 11 is 1.77. The van der Waals surface area contributed by atoms with E-state index in [1.807, 2.05) is 17.0 Å². The van der Waals surface area contributed by atoms with Gasteiger partial charge in [0.25, 0.3) is 5.91 Å². The molecule has 3 rings (SSSR count). The maximum absolute atomic E-state index is 12.2. The molecular formula is C15H16N2O2S. The van der Waals surface area contributed by atoms with Gasteiger partial charge in [0.05, 0.1) is 5.69 Å². The van der Waals surface area contributed by atoms with Crippen LogP contribution >= 0.6 is 11.3 Å². The van der Waals surface area contributed by atoms with E-state index in [4.69, 9.17) is 10.5 Å². The highest BCUT2D eigenvalue weighted by atomic mass is 32.1. The second-order valence-corrected chi connectivity index (χ2v) is 5.76. The standard InChI is InChI=1S/C15H16N2O2S/c16-12-3-1-2-4-13(12)19-10-15(18)17-7-5-14-11(9-17)6-8-20-14/h1-4,6,8H,5,7,9-10,16H2. The zero-order chi connectivity index (χ0) is 13.9. The zero-order valence-corrected chi connectivity index (χ0v) is 11.9. The van der Waals surface area contributed by atoms with E-state index in [0.29, 0.717) is 18.0 Å². The van der Waals surface area contributed by atoms with Crippen LogP contribution < -0.4 is 10.5 Å². The first-order chi connectivity index (χ1) is 9.74. The summed E-state index contributed by atoms with van der Waals surface area (Å²) < 4.78 is 5.51. The van der Waals surface area contributed by atoms with E-state index in [0.717, 1.165) is 13.0 Å². The number of carbonyl (C=O) groups is 1. The zero-order valence-electron chi connectivity index (χ0n) is 11.0. The molecule has 0 aliphatic carbocycles. The van der Waals surface area contributed by atoms with Crippen LogP contribution in [0.5, 0.6) is 5.75 Å². The van der Waals surface area contributed by atoms with E-state index in [1.54, 1.807) is 23.5 Å². The first kappa shape index (κ1) is 13.0. The quantitative estimate of drug-likeness (QED) is 0.882. The lowest BCUT2D eigenvalue weighted by Gasteiger charge is -2.27. The highest BCUT2D eigenvalue weighted by Gasteiger charge is 2.21. The Morgan fingerprint density at radius 1 is 1.35 bits per heavy atom. The van der Waals surface area contributed by atoms with Crippen LogP contribution in [0.1, 0.15) is 10.4 Å². The van der Waals surface area contributed by atoms with Crippen molar-refractivity contribution in [1.82, 2.24) is 4.90 Å². The summed E-state index contributed by atoms with van der Waals surface area (Å²) in [6.07, 6.45) is 0.937. The van der Waals surface area contributed by atoms with E-state index in [-0.39, 0.29) is 12.5 Å². The number of nitrogen functional groups attached to an aromatic ring is 1. The maximum Gasteiger partial charge on any atom is 0.260 e. The summed E-state index contributed by atoms with van der Waals surface area (Å²) in [6, 6.07) is 9.31. The molecule has 2 N–H and O–H groups in total. The second-order valence-electron chi connectivity index (χ2n) is 4.76. The van der Waals surface area contributed by atoms with E-state index in [2.05, 4.69) is 11.4 Å². The maximum atomic E-state index is 12.2. The molecule has 1 aromatic heterocycles. The lowest BCUT2D eigenvalue weighted by atomic mass is 10.1. The lowest BCUT2D eigenvalue weighted by molar-refractivity contribution is -0.134. The van der Waals surface area contributed by atoms with Gasteiger partial charge in [-0.2, -0.15) is 0 Å². The number of nitrogens with two attached hydrogens (primary N) is 1. The Hall–Kier alpha value is -2.01. The van der Waals surface area contributed by atoms with Gasteiger partial charge in [-0.25, -0.2) is 0 Å². The van der Waals surface area contributed by atoms with Crippen LogP contribution in [-0.4, -0.2) is 24.0 Å². The molecule has 1 aliphatic heterocycles. The molecule has 2 heterocycles. The highest BCUT2D eigenvalue weighted by Crippen LogP contribution is 2.24. The van der Waals surface area contributed by atoms with E-state index in [9.17, 15) is 4.79 Å². The van der Waals surface area contributed by atoms with Crippen LogP contribution in [0.15, 0.2) is 35.7 Å². The van der Waals surface area contributed by atoms with Gasteiger partial charge in [0.2, 0.25) is 0 Å². The van der Waals surface area contributed by atoms with E-state index < -0.39 is 0 Å². The van der Waals surface area contributed by atoms with Crippen LogP contribution in [0.2, 0.25) is 0 Å². The van der Waals surface area contributed by atoms with Crippen molar-refractivity contribution < 1.29 is 9.53 Å². The van der Waals surface area contributed by atoms with Gasteiger partial charge in [0.1, 0.15) is 5.75 Å². The number of anilines is 1. The van der Waals surface area contributed by atoms with Crippen LogP contribution in [0.3, 0.4) is 0 Å². The van der Waals surface area contributed by atoms with Crippen molar-refractivity contribution in [3.05, 3.63) is 46.2 Å². The summed E-state index contributed by atoms with van der Waals surface area (Å²) in [7, 11) is 0. The number of para-hydroxylation sites is 2. The predicted molar refractivity (Wildman–Crippen MR) is 79.8 cm³/mol. The molecule has 0 saturated heterocycles. The number of fused-ring (bicyclic) bond motifs is 1. The topological polar surface area (TPSA) is 55.6 Å². The van der Waals surface area contributed by atoms with Gasteiger partial charge in [-0.15, -0.1) is 11.3 Å². The molecule has 4 nitrogen and oxygen atoms in total. The highest BCUT2D eigenvalue weighted by molar-refractivity contribution is 7.10. The third-order valence-corrected chi connectivity index (χ3v) is 4.45. The van der Waals surface area contributed by atoms with Crippen molar-refractivity contribution in [2.24, 2.45) is 0 Å². The van der Waals surface area contributed by atoms with Crippen molar-refractivity contribution in [3.63, 3.8) is 0 Å². The third-order valence-electron chi connectivity index (χ3n) is 3.43. The van der Waals surface area contributed by atoms with Gasteiger partial charge < -0.3 is 15.4 Å². The number of nitrogens with zero attached hydrogens (tertiary/aromatic N) is 1. The van der Waals surface area contributed by atoms with Crippen molar-refractivity contribution in [1.29, 1.82) is 0 Å². The number of carbonyl (C=O) groups excluding carboxylic acids is 1. The first-order valence-electron chi connectivity index (χ1n) is 6.54. The molecule has 0 radical (unpaired) electrons. The summed E-state index contributed by atoms with van der Waals surface area (Å²) in [6.45, 7) is 1.49. The van der Waals surface area contributed by atoms with Gasteiger partial charge in [0.15, 0.2) is 6.61 Å². The number of benzene rings is 1. The minimum Gasteiger partial charge on any atom is -0.482 e. The van der Waals surface area contributed by atoms with E-state index in [1.165, 1.54) is 10.4 Å². The number of rotatable bonds is 3. The molecular weight excluding hydrogens is 272 g/mol. The minimum atomic E-state index is 0.00473. The average Bonchev–Trinajstić information content (AvgIpc) is 2.93. The summed E-state index contributed by atoms with van der Waals surface area (Å²) in [4.78, 5) is 15.4. The van der Waals surface area contributed by atoms with Gasteiger partial charge in [0, 0.05) is 18.0 Å². The van der Waals surface area contributed by atoms with E-state index >= 15 is 0 Å². The number of amides is 1. The molecule has 0 saturated carbocycles. The fourth-order valence-electron chi connectivity index (χ4n) is 2.30. The van der Waals surface area contributed by atoms with Crippen molar-refractivity contribution >= 4 is 22.9 Å². The Balaban J connectivity index is 1.59. The Morgan fingerprint density at radius 2 is 2.20 bits per heavy atom. The number of hydrogen-bond acceptors (Lipinski definition) is 4. The fraction of sp³-hybridized carbons (Fsp3) is 0.267. The van der Waals surface area contributed by atoms with Crippen LogP contribution in [0.4, 0.5) is 5.69 Å². The Kier molecular flexibility index (Phi) is 3.60. The Morgan fingerprint density at radius 3 is 3.05 bits per heavy atom. The second kappa shape index (κ2) is 5.54. The predicted octanol–water partition coefficient (Wildman–Crippen LogP) is 2.29. The molecule has 1 aromatic carbocycles. The molecule has 2 aromatic rings. The average molecular weight is 288 g/mol. The Bertz CT molecular complexity index is 624. The van der Waals surface area contributed by atoms with Gasteiger partial charge in [-0.3, -0.25) is 4.79 Å². The summed E-state index contributed by atoms with van der Waals surface area (Å²) in [5.41, 5.74) is 7.60. The number of thiophene rings is 1. The van der Waals surface area contributed by atoms with Gasteiger partial charge >= 0.3 is 0 Å². The van der Waals surface area contributed by atoms with Crippen molar-refractivity contribution in [2.75, 3.05) is 18.9 Å². The number of hydrogen-bond donors (Lipinski definition) is 1. The molecule has 0 unspecified atom stereocenters. The molecule has 1 aliphatic rings. The molecule has 0 spiro atoms. The molecule has 0 atom stereocenters. The molecule has 0 bridgehead atoms. The molecule has 5 heteroatoms. The minimum absolute atomic E-state index is 0.00473. The Labute approximate surface area is 121 Å². The summed E-state index contributed by atoms with van der Waals surface area (Å²) in [5, 5.41) is 2.08. The van der Waals surface area contributed by atoms with Crippen molar-refractivity contribution in [3.8, 4) is 5.75 Å². The van der Waals surface area contributed by atoms with Crippen LogP contribution in [0.25, 0.3) is 0 Å². The molecule has 20 heavy (non-hydrogen) atoms. The lowest BCUT2D eigenvalue weighted by Crippen LogP contribution is -2.38. The van der Waals surface area contributed by atoms with Crippen LogP contribution in [-0.2, 0) is 17.8 Å².